The minimum Gasteiger partial charge on any atom is -0.379 e. The number of likely N-dealkylation sites (tertiary alicyclic amines) is 1. The molecular formula is C24H33FN6O2S. The molecule has 0 atom stereocenters. The molecule has 0 saturated carbocycles. The SMILES string of the molecule is Cc1nsc(NC(=O)N2CCC(=Cc3ccc(CNCCCN4CCOCC4)cc3F)CC2)n1. The zero-order valence-electron chi connectivity index (χ0n) is 19.7. The summed E-state index contributed by atoms with van der Waals surface area (Å²) >= 11 is 1.18. The second-order valence-corrected chi connectivity index (χ2v) is 9.46. The molecule has 10 heteroatoms. The van der Waals surface area contributed by atoms with Crippen LogP contribution in [0.2, 0.25) is 0 Å². The first-order valence-corrected chi connectivity index (χ1v) is 12.7. The maximum atomic E-state index is 14.7. The third-order valence-corrected chi connectivity index (χ3v) is 6.84. The van der Waals surface area contributed by atoms with Crippen molar-refractivity contribution >= 4 is 28.8 Å². The van der Waals surface area contributed by atoms with Gasteiger partial charge in [0, 0.05) is 49.8 Å². The van der Waals surface area contributed by atoms with E-state index < -0.39 is 0 Å². The molecule has 0 aliphatic carbocycles. The average molecular weight is 489 g/mol. The topological polar surface area (TPSA) is 82.6 Å². The molecule has 2 amide bonds. The second kappa shape index (κ2) is 12.3. The number of morpholine rings is 1. The number of rotatable bonds is 8. The van der Waals surface area contributed by atoms with E-state index in [-0.39, 0.29) is 11.8 Å². The Balaban J connectivity index is 1.19. The summed E-state index contributed by atoms with van der Waals surface area (Å²) in [5, 5.41) is 6.72. The van der Waals surface area contributed by atoms with Crippen LogP contribution in [0.4, 0.5) is 14.3 Å². The fraction of sp³-hybridized carbons (Fsp3) is 0.542. The first-order valence-electron chi connectivity index (χ1n) is 11.9. The predicted octanol–water partition coefficient (Wildman–Crippen LogP) is 3.51. The molecule has 0 bridgehead atoms. The minimum atomic E-state index is -0.202. The summed E-state index contributed by atoms with van der Waals surface area (Å²) in [6, 6.07) is 5.29. The zero-order valence-corrected chi connectivity index (χ0v) is 20.5. The lowest BCUT2D eigenvalue weighted by Crippen LogP contribution is -2.39. The van der Waals surface area contributed by atoms with Crippen LogP contribution >= 0.6 is 11.5 Å². The molecule has 1 aromatic heterocycles. The Bertz CT molecular complexity index is 982. The number of aryl methyl sites for hydroxylation is 1. The second-order valence-electron chi connectivity index (χ2n) is 8.71. The fourth-order valence-electron chi connectivity index (χ4n) is 4.16. The van der Waals surface area contributed by atoms with Crippen molar-refractivity contribution in [1.29, 1.82) is 0 Å². The average Bonchev–Trinajstić information content (AvgIpc) is 3.26. The van der Waals surface area contributed by atoms with E-state index in [0.29, 0.717) is 36.2 Å². The highest BCUT2D eigenvalue weighted by Gasteiger charge is 2.20. The van der Waals surface area contributed by atoms with E-state index in [1.165, 1.54) is 11.5 Å². The summed E-state index contributed by atoms with van der Waals surface area (Å²) in [5.41, 5.74) is 2.71. The van der Waals surface area contributed by atoms with E-state index in [1.54, 1.807) is 17.9 Å². The Morgan fingerprint density at radius 1 is 1.24 bits per heavy atom. The number of anilines is 1. The maximum Gasteiger partial charge on any atom is 0.323 e. The highest BCUT2D eigenvalue weighted by Crippen LogP contribution is 2.22. The van der Waals surface area contributed by atoms with Crippen molar-refractivity contribution in [1.82, 2.24) is 24.5 Å². The van der Waals surface area contributed by atoms with Crippen LogP contribution in [0.25, 0.3) is 6.08 Å². The summed E-state index contributed by atoms with van der Waals surface area (Å²) in [4.78, 5) is 20.7. The van der Waals surface area contributed by atoms with Crippen LogP contribution in [-0.4, -0.2) is 77.7 Å². The molecule has 0 unspecified atom stereocenters. The Hall–Kier alpha value is -2.40. The van der Waals surface area contributed by atoms with Crippen molar-refractivity contribution in [3.05, 3.63) is 46.5 Å². The number of benzene rings is 1. The molecule has 2 saturated heterocycles. The van der Waals surface area contributed by atoms with Gasteiger partial charge in [0.2, 0.25) is 5.13 Å². The lowest BCUT2D eigenvalue weighted by Gasteiger charge is -2.28. The van der Waals surface area contributed by atoms with Gasteiger partial charge in [-0.1, -0.05) is 23.8 Å². The van der Waals surface area contributed by atoms with E-state index in [2.05, 4.69) is 24.9 Å². The highest BCUT2D eigenvalue weighted by atomic mass is 32.1. The van der Waals surface area contributed by atoms with Crippen LogP contribution in [0, 0.1) is 12.7 Å². The Kier molecular flexibility index (Phi) is 8.97. The lowest BCUT2D eigenvalue weighted by atomic mass is 10.00. The van der Waals surface area contributed by atoms with Gasteiger partial charge in [-0.2, -0.15) is 4.37 Å². The van der Waals surface area contributed by atoms with Gasteiger partial charge < -0.3 is 15.0 Å². The molecule has 2 aliphatic rings. The van der Waals surface area contributed by atoms with Crippen molar-refractivity contribution in [3.8, 4) is 0 Å². The monoisotopic (exact) mass is 488 g/mol. The normalized spacial score (nSPS) is 17.1. The number of carbonyl (C=O) groups is 1. The van der Waals surface area contributed by atoms with Crippen molar-refractivity contribution < 1.29 is 13.9 Å². The Morgan fingerprint density at radius 2 is 2.03 bits per heavy atom. The molecule has 4 rings (SSSR count). The number of ether oxygens (including phenoxy) is 1. The summed E-state index contributed by atoms with van der Waals surface area (Å²) in [7, 11) is 0. The van der Waals surface area contributed by atoms with Crippen molar-refractivity contribution in [2.75, 3.05) is 57.8 Å². The van der Waals surface area contributed by atoms with Gasteiger partial charge in [0.15, 0.2) is 0 Å². The number of piperidine rings is 1. The Morgan fingerprint density at radius 3 is 2.74 bits per heavy atom. The van der Waals surface area contributed by atoms with Crippen LogP contribution in [0.3, 0.4) is 0 Å². The standard InChI is InChI=1S/C24H33FN6O2S/c1-18-27-23(34-29-18)28-24(32)31-9-5-19(6-10-31)15-21-4-3-20(16-22(21)25)17-26-7-2-8-30-11-13-33-14-12-30/h3-4,15-16,26H,2,5-14,17H2,1H3,(H,27,28,29,32). The van der Waals surface area contributed by atoms with Crippen molar-refractivity contribution in [2.45, 2.75) is 32.7 Å². The number of halogens is 1. The fourth-order valence-corrected chi connectivity index (χ4v) is 4.73. The molecule has 3 heterocycles. The van der Waals surface area contributed by atoms with E-state index in [9.17, 15) is 9.18 Å². The van der Waals surface area contributed by atoms with Crippen LogP contribution in [0.15, 0.2) is 23.8 Å². The molecule has 2 N–H and O–H groups in total. The van der Waals surface area contributed by atoms with Gasteiger partial charge in [-0.05, 0) is 50.9 Å². The number of aromatic nitrogens is 2. The van der Waals surface area contributed by atoms with Gasteiger partial charge in [-0.3, -0.25) is 10.2 Å². The molecule has 2 aromatic rings. The number of carbonyl (C=O) groups excluding carboxylic acids is 1. The number of urea groups is 1. The van der Waals surface area contributed by atoms with Gasteiger partial charge in [0.25, 0.3) is 0 Å². The van der Waals surface area contributed by atoms with E-state index >= 15 is 0 Å². The van der Waals surface area contributed by atoms with Gasteiger partial charge >= 0.3 is 6.03 Å². The predicted molar refractivity (Wildman–Crippen MR) is 132 cm³/mol. The first-order chi connectivity index (χ1) is 16.6. The number of nitrogens with zero attached hydrogens (tertiary/aromatic N) is 4. The number of amides is 2. The molecule has 2 fully saturated rings. The van der Waals surface area contributed by atoms with Crippen LogP contribution in [0.5, 0.6) is 0 Å². The van der Waals surface area contributed by atoms with E-state index in [0.717, 1.165) is 69.8 Å². The van der Waals surface area contributed by atoms with Gasteiger partial charge in [-0.25, -0.2) is 14.2 Å². The smallest absolute Gasteiger partial charge is 0.323 e. The molecule has 8 nitrogen and oxygen atoms in total. The third-order valence-electron chi connectivity index (χ3n) is 6.12. The van der Waals surface area contributed by atoms with Crippen LogP contribution in [-0.2, 0) is 11.3 Å². The van der Waals surface area contributed by atoms with Crippen molar-refractivity contribution in [2.24, 2.45) is 0 Å². The summed E-state index contributed by atoms with van der Waals surface area (Å²) in [6.45, 7) is 9.31. The highest BCUT2D eigenvalue weighted by molar-refractivity contribution is 7.09. The first kappa shape index (κ1) is 24.7. The molecule has 0 spiro atoms. The van der Waals surface area contributed by atoms with Crippen LogP contribution in [0.1, 0.15) is 36.2 Å². The summed E-state index contributed by atoms with van der Waals surface area (Å²) < 4.78 is 24.1. The molecule has 0 radical (unpaired) electrons. The number of nitrogens with one attached hydrogen (secondary N) is 2. The lowest BCUT2D eigenvalue weighted by molar-refractivity contribution is 0.0374. The quantitative estimate of drug-likeness (QED) is 0.554. The van der Waals surface area contributed by atoms with Crippen molar-refractivity contribution in [3.63, 3.8) is 0 Å². The number of hydrogen-bond acceptors (Lipinski definition) is 7. The maximum absolute atomic E-state index is 14.7. The minimum absolute atomic E-state index is 0.164. The molecule has 1 aromatic carbocycles. The van der Waals surface area contributed by atoms with Gasteiger partial charge in [-0.15, -0.1) is 0 Å². The van der Waals surface area contributed by atoms with Gasteiger partial charge in [0.05, 0.1) is 13.2 Å². The summed E-state index contributed by atoms with van der Waals surface area (Å²) in [6.07, 6.45) is 4.46. The Labute approximate surface area is 204 Å². The molecule has 184 valence electrons. The van der Waals surface area contributed by atoms with E-state index in [1.807, 2.05) is 18.2 Å². The van der Waals surface area contributed by atoms with Crippen LogP contribution < -0.4 is 10.6 Å². The zero-order chi connectivity index (χ0) is 23.8. The molecule has 2 aliphatic heterocycles. The third kappa shape index (κ3) is 7.30. The molecule has 34 heavy (non-hydrogen) atoms. The summed E-state index contributed by atoms with van der Waals surface area (Å²) in [5.74, 6) is 0.448. The van der Waals surface area contributed by atoms with Gasteiger partial charge in [0.1, 0.15) is 11.6 Å². The largest absolute Gasteiger partial charge is 0.379 e. The molecular weight excluding hydrogens is 455 g/mol. The number of hydrogen-bond donors (Lipinski definition) is 2. The van der Waals surface area contributed by atoms with E-state index in [4.69, 9.17) is 4.74 Å².